The zero-order chi connectivity index (χ0) is 14.8. The van der Waals surface area contributed by atoms with Crippen molar-refractivity contribution in [3.63, 3.8) is 0 Å². The zero-order valence-corrected chi connectivity index (χ0v) is 12.6. The number of rotatable bonds is 4. The maximum absolute atomic E-state index is 11.7. The lowest BCUT2D eigenvalue weighted by atomic mass is 9.91. The van der Waals surface area contributed by atoms with Crippen molar-refractivity contribution in [1.29, 1.82) is 5.26 Å². The molecule has 2 N–H and O–H groups in total. The molecular formula is C14H20N2O2S. The van der Waals surface area contributed by atoms with Crippen molar-refractivity contribution in [2.24, 2.45) is 5.14 Å². The Labute approximate surface area is 115 Å². The third-order valence-electron chi connectivity index (χ3n) is 3.09. The summed E-state index contributed by atoms with van der Waals surface area (Å²) in [5.41, 5.74) is 2.43. The summed E-state index contributed by atoms with van der Waals surface area (Å²) in [6.45, 7) is 7.76. The van der Waals surface area contributed by atoms with E-state index in [1.807, 2.05) is 33.8 Å². The van der Waals surface area contributed by atoms with E-state index in [-0.39, 0.29) is 23.2 Å². The van der Waals surface area contributed by atoms with Gasteiger partial charge in [0.1, 0.15) is 0 Å². The number of primary sulfonamides is 1. The highest BCUT2D eigenvalue weighted by molar-refractivity contribution is 7.89. The van der Waals surface area contributed by atoms with Gasteiger partial charge in [-0.05, 0) is 34.6 Å². The van der Waals surface area contributed by atoms with Gasteiger partial charge in [0, 0.05) is 0 Å². The van der Waals surface area contributed by atoms with E-state index in [9.17, 15) is 8.42 Å². The summed E-state index contributed by atoms with van der Waals surface area (Å²) < 4.78 is 23.4. The molecule has 19 heavy (non-hydrogen) atoms. The van der Waals surface area contributed by atoms with Crippen LogP contribution in [0.2, 0.25) is 0 Å². The van der Waals surface area contributed by atoms with Crippen LogP contribution in [0.3, 0.4) is 0 Å². The Morgan fingerprint density at radius 3 is 2.05 bits per heavy atom. The summed E-state index contributed by atoms with van der Waals surface area (Å²) in [6, 6.07) is 5.56. The van der Waals surface area contributed by atoms with E-state index in [0.29, 0.717) is 5.56 Å². The summed E-state index contributed by atoms with van der Waals surface area (Å²) in [7, 11) is -3.75. The SMILES string of the molecule is CC(C)c1cc(S(N)(=O)=O)c(C(C)C)cc1CC#N. The molecule has 0 atom stereocenters. The lowest BCUT2D eigenvalue weighted by Gasteiger charge is -2.18. The van der Waals surface area contributed by atoms with Crippen LogP contribution in [0.1, 0.15) is 56.2 Å². The summed E-state index contributed by atoms with van der Waals surface area (Å²) in [5.74, 6) is 0.178. The molecule has 0 aliphatic rings. The Morgan fingerprint density at radius 1 is 1.16 bits per heavy atom. The number of sulfonamides is 1. The Hall–Kier alpha value is -1.38. The van der Waals surface area contributed by atoms with Gasteiger partial charge in [-0.3, -0.25) is 0 Å². The average Bonchev–Trinajstić information content (AvgIpc) is 2.26. The molecule has 0 aliphatic carbocycles. The Kier molecular flexibility index (Phi) is 4.72. The molecule has 1 aromatic carbocycles. The molecule has 0 amide bonds. The molecule has 1 aromatic rings. The lowest BCUT2D eigenvalue weighted by molar-refractivity contribution is 0.595. The highest BCUT2D eigenvalue weighted by Crippen LogP contribution is 2.30. The molecule has 0 radical (unpaired) electrons. The largest absolute Gasteiger partial charge is 0.238 e. The second-order valence-electron chi connectivity index (χ2n) is 5.28. The van der Waals surface area contributed by atoms with Crippen LogP contribution in [0.15, 0.2) is 17.0 Å². The van der Waals surface area contributed by atoms with Gasteiger partial charge in [-0.25, -0.2) is 13.6 Å². The minimum Gasteiger partial charge on any atom is -0.225 e. The standard InChI is InChI=1S/C14H20N2O2S/c1-9(2)12-8-14(19(16,17)18)13(10(3)4)7-11(12)5-6-15/h7-10H,5H2,1-4H3,(H2,16,17,18). The van der Waals surface area contributed by atoms with Gasteiger partial charge >= 0.3 is 0 Å². The molecule has 0 aliphatic heterocycles. The number of nitriles is 1. The molecule has 0 unspecified atom stereocenters. The fraction of sp³-hybridized carbons (Fsp3) is 0.500. The molecular weight excluding hydrogens is 260 g/mol. The number of nitrogens with zero attached hydrogens (tertiary/aromatic N) is 1. The second kappa shape index (κ2) is 5.72. The van der Waals surface area contributed by atoms with Gasteiger partial charge in [-0.15, -0.1) is 0 Å². The zero-order valence-electron chi connectivity index (χ0n) is 11.8. The summed E-state index contributed by atoms with van der Waals surface area (Å²) >= 11 is 0. The van der Waals surface area contributed by atoms with Crippen LogP contribution >= 0.6 is 0 Å². The van der Waals surface area contributed by atoms with E-state index < -0.39 is 10.0 Å². The molecule has 5 heteroatoms. The van der Waals surface area contributed by atoms with Crippen molar-refractivity contribution >= 4 is 10.0 Å². The number of nitrogens with two attached hydrogens (primary N) is 1. The molecule has 0 fully saturated rings. The van der Waals surface area contributed by atoms with Crippen LogP contribution < -0.4 is 5.14 Å². The van der Waals surface area contributed by atoms with Crippen molar-refractivity contribution in [3.05, 3.63) is 28.8 Å². The number of hydrogen-bond acceptors (Lipinski definition) is 3. The normalized spacial score (nSPS) is 11.9. The first-order valence-corrected chi connectivity index (χ1v) is 7.79. The van der Waals surface area contributed by atoms with E-state index in [1.165, 1.54) is 0 Å². The molecule has 104 valence electrons. The van der Waals surface area contributed by atoms with Gasteiger partial charge in [-0.1, -0.05) is 33.8 Å². The van der Waals surface area contributed by atoms with Gasteiger partial charge in [-0.2, -0.15) is 5.26 Å². The molecule has 0 bridgehead atoms. The van der Waals surface area contributed by atoms with Crippen LogP contribution in [-0.2, 0) is 16.4 Å². The predicted molar refractivity (Wildman–Crippen MR) is 75.3 cm³/mol. The highest BCUT2D eigenvalue weighted by Gasteiger charge is 2.20. The molecule has 1 rings (SSSR count). The van der Waals surface area contributed by atoms with E-state index in [0.717, 1.165) is 11.1 Å². The number of hydrogen-bond donors (Lipinski definition) is 1. The van der Waals surface area contributed by atoms with Gasteiger partial charge in [0.15, 0.2) is 0 Å². The van der Waals surface area contributed by atoms with Crippen LogP contribution in [0, 0.1) is 11.3 Å². The Morgan fingerprint density at radius 2 is 1.68 bits per heavy atom. The third kappa shape index (κ3) is 3.55. The van der Waals surface area contributed by atoms with Crippen molar-refractivity contribution in [2.45, 2.75) is 50.8 Å². The third-order valence-corrected chi connectivity index (χ3v) is 4.06. The van der Waals surface area contributed by atoms with Crippen LogP contribution in [0.25, 0.3) is 0 Å². The fourth-order valence-corrected chi connectivity index (χ4v) is 3.05. The summed E-state index contributed by atoms with van der Waals surface area (Å²) in [5, 5.41) is 14.2. The molecule has 0 saturated carbocycles. The smallest absolute Gasteiger partial charge is 0.225 e. The highest BCUT2D eigenvalue weighted by atomic mass is 32.2. The Balaban J connectivity index is 3.66. The van der Waals surface area contributed by atoms with Gasteiger partial charge in [0.05, 0.1) is 17.4 Å². The molecule has 0 heterocycles. The monoisotopic (exact) mass is 280 g/mol. The first kappa shape index (κ1) is 15.7. The van der Waals surface area contributed by atoms with Gasteiger partial charge < -0.3 is 0 Å². The molecule has 0 aromatic heterocycles. The van der Waals surface area contributed by atoms with Crippen molar-refractivity contribution < 1.29 is 8.42 Å². The van der Waals surface area contributed by atoms with Crippen LogP contribution in [0.5, 0.6) is 0 Å². The maximum atomic E-state index is 11.7. The summed E-state index contributed by atoms with van der Waals surface area (Å²) in [4.78, 5) is 0.174. The van der Waals surface area contributed by atoms with Gasteiger partial charge in [0.2, 0.25) is 10.0 Å². The summed E-state index contributed by atoms with van der Waals surface area (Å²) in [6.07, 6.45) is 0.276. The topological polar surface area (TPSA) is 84.0 Å². The minimum atomic E-state index is -3.75. The van der Waals surface area contributed by atoms with E-state index in [1.54, 1.807) is 6.07 Å². The van der Waals surface area contributed by atoms with E-state index >= 15 is 0 Å². The van der Waals surface area contributed by atoms with Crippen molar-refractivity contribution in [3.8, 4) is 6.07 Å². The maximum Gasteiger partial charge on any atom is 0.238 e. The first-order valence-electron chi connectivity index (χ1n) is 6.25. The predicted octanol–water partition coefficient (Wildman–Crippen LogP) is 2.65. The minimum absolute atomic E-state index is 0.0342. The van der Waals surface area contributed by atoms with Crippen LogP contribution in [0.4, 0.5) is 0 Å². The fourth-order valence-electron chi connectivity index (χ4n) is 2.13. The van der Waals surface area contributed by atoms with E-state index in [4.69, 9.17) is 10.4 Å². The second-order valence-corrected chi connectivity index (χ2v) is 6.81. The molecule has 4 nitrogen and oxygen atoms in total. The van der Waals surface area contributed by atoms with Crippen molar-refractivity contribution in [1.82, 2.24) is 0 Å². The number of benzene rings is 1. The first-order chi connectivity index (χ1) is 8.68. The van der Waals surface area contributed by atoms with E-state index in [2.05, 4.69) is 6.07 Å². The van der Waals surface area contributed by atoms with Crippen LogP contribution in [-0.4, -0.2) is 8.42 Å². The molecule has 0 spiro atoms. The van der Waals surface area contributed by atoms with Gasteiger partial charge in [0.25, 0.3) is 0 Å². The molecule has 0 saturated heterocycles. The lowest BCUT2D eigenvalue weighted by Crippen LogP contribution is -2.16. The Bertz CT molecular complexity index is 611. The average molecular weight is 280 g/mol. The quantitative estimate of drug-likeness (QED) is 0.920. The van der Waals surface area contributed by atoms with Crippen molar-refractivity contribution in [2.75, 3.05) is 0 Å².